The van der Waals surface area contributed by atoms with Crippen molar-refractivity contribution in [3.63, 3.8) is 0 Å². The van der Waals surface area contributed by atoms with Gasteiger partial charge in [-0.15, -0.1) is 0 Å². The minimum Gasteiger partial charge on any atom is -0.326 e. The highest BCUT2D eigenvalue weighted by Crippen LogP contribution is 2.30. The smallest absolute Gasteiger partial charge is 0.252 e. The third-order valence-corrected chi connectivity index (χ3v) is 2.55. The van der Waals surface area contributed by atoms with E-state index in [4.69, 9.17) is 11.6 Å². The molecule has 0 bridgehead atoms. The maximum atomic E-state index is 11.4. The van der Waals surface area contributed by atoms with E-state index in [0.29, 0.717) is 11.3 Å². The zero-order chi connectivity index (χ0) is 10.8. The Morgan fingerprint density at radius 3 is 2.27 bits per heavy atom. The van der Waals surface area contributed by atoms with Crippen LogP contribution in [-0.2, 0) is 4.79 Å². The summed E-state index contributed by atoms with van der Waals surface area (Å²) in [6, 6.07) is 6.54. The van der Waals surface area contributed by atoms with Crippen molar-refractivity contribution in [3.05, 3.63) is 29.8 Å². The first-order valence-electron chi connectivity index (χ1n) is 4.77. The molecule has 0 radical (unpaired) electrons. The molecular formula is C11H10ClNO2. The SMILES string of the molecule is O=C(Cl)c1ccc(NC(=O)C2CC2)cc1. The lowest BCUT2D eigenvalue weighted by Crippen LogP contribution is -2.13. The number of halogens is 1. The molecule has 1 aliphatic carbocycles. The van der Waals surface area contributed by atoms with Crippen LogP contribution in [0.5, 0.6) is 0 Å². The van der Waals surface area contributed by atoms with Gasteiger partial charge < -0.3 is 5.32 Å². The van der Waals surface area contributed by atoms with Crippen LogP contribution in [0.25, 0.3) is 0 Å². The molecule has 15 heavy (non-hydrogen) atoms. The number of hydrogen-bond donors (Lipinski definition) is 1. The molecule has 0 spiro atoms. The predicted octanol–water partition coefficient (Wildman–Crippen LogP) is 2.41. The van der Waals surface area contributed by atoms with Gasteiger partial charge in [-0.2, -0.15) is 0 Å². The van der Waals surface area contributed by atoms with Crippen LogP contribution in [0.3, 0.4) is 0 Å². The summed E-state index contributed by atoms with van der Waals surface area (Å²) >= 11 is 5.30. The second-order valence-corrected chi connectivity index (χ2v) is 3.96. The van der Waals surface area contributed by atoms with E-state index >= 15 is 0 Å². The van der Waals surface area contributed by atoms with Crippen LogP contribution < -0.4 is 5.32 Å². The van der Waals surface area contributed by atoms with Crippen molar-refractivity contribution < 1.29 is 9.59 Å². The highest BCUT2D eigenvalue weighted by Gasteiger charge is 2.29. The fourth-order valence-corrected chi connectivity index (χ4v) is 1.40. The Hall–Kier alpha value is -1.35. The Labute approximate surface area is 92.4 Å². The van der Waals surface area contributed by atoms with Crippen molar-refractivity contribution in [2.24, 2.45) is 5.92 Å². The van der Waals surface area contributed by atoms with Crippen LogP contribution in [0.2, 0.25) is 0 Å². The molecule has 0 aromatic heterocycles. The van der Waals surface area contributed by atoms with E-state index in [1.807, 2.05) is 0 Å². The monoisotopic (exact) mass is 223 g/mol. The quantitative estimate of drug-likeness (QED) is 0.800. The first-order chi connectivity index (χ1) is 7.16. The Morgan fingerprint density at radius 2 is 1.80 bits per heavy atom. The summed E-state index contributed by atoms with van der Waals surface area (Å²) in [6.07, 6.45) is 1.95. The van der Waals surface area contributed by atoms with E-state index in [1.54, 1.807) is 24.3 Å². The maximum absolute atomic E-state index is 11.4. The van der Waals surface area contributed by atoms with Crippen molar-refractivity contribution >= 4 is 28.4 Å². The standard InChI is InChI=1S/C11H10ClNO2/c12-10(14)7-3-5-9(6-4-7)13-11(15)8-1-2-8/h3-6,8H,1-2H2,(H,13,15). The molecule has 0 unspecified atom stereocenters. The van der Waals surface area contributed by atoms with E-state index in [2.05, 4.69) is 5.32 Å². The van der Waals surface area contributed by atoms with Crippen LogP contribution in [-0.4, -0.2) is 11.1 Å². The number of anilines is 1. The zero-order valence-corrected chi connectivity index (χ0v) is 8.75. The summed E-state index contributed by atoms with van der Waals surface area (Å²) in [7, 11) is 0. The molecule has 1 N–H and O–H groups in total. The molecule has 1 aromatic carbocycles. The van der Waals surface area contributed by atoms with Crippen molar-refractivity contribution in [1.29, 1.82) is 0 Å². The lowest BCUT2D eigenvalue weighted by atomic mass is 10.2. The van der Waals surface area contributed by atoms with Gasteiger partial charge in [-0.1, -0.05) is 0 Å². The number of carbonyl (C=O) groups is 2. The molecular weight excluding hydrogens is 214 g/mol. The van der Waals surface area contributed by atoms with E-state index in [0.717, 1.165) is 12.8 Å². The van der Waals surface area contributed by atoms with Gasteiger partial charge in [0.05, 0.1) is 0 Å². The number of nitrogens with one attached hydrogen (secondary N) is 1. The van der Waals surface area contributed by atoms with Gasteiger partial charge in [0.2, 0.25) is 5.91 Å². The summed E-state index contributed by atoms with van der Waals surface area (Å²) in [5.41, 5.74) is 1.13. The minimum absolute atomic E-state index is 0.0555. The van der Waals surface area contributed by atoms with Crippen LogP contribution in [0, 0.1) is 5.92 Å². The van der Waals surface area contributed by atoms with E-state index < -0.39 is 5.24 Å². The molecule has 0 atom stereocenters. The molecule has 1 amide bonds. The summed E-state index contributed by atoms with van der Waals surface area (Å²) < 4.78 is 0. The molecule has 0 heterocycles. The first-order valence-corrected chi connectivity index (χ1v) is 5.15. The number of amides is 1. The van der Waals surface area contributed by atoms with Crippen LogP contribution in [0.15, 0.2) is 24.3 Å². The summed E-state index contributed by atoms with van der Waals surface area (Å²) in [6.45, 7) is 0. The number of hydrogen-bond acceptors (Lipinski definition) is 2. The van der Waals surface area contributed by atoms with E-state index in [1.165, 1.54) is 0 Å². The molecule has 78 valence electrons. The normalized spacial score (nSPS) is 14.7. The first kappa shape index (κ1) is 10.2. The van der Waals surface area contributed by atoms with E-state index in [-0.39, 0.29) is 11.8 Å². The van der Waals surface area contributed by atoms with Crippen LogP contribution in [0.4, 0.5) is 5.69 Å². The fraction of sp³-hybridized carbons (Fsp3) is 0.273. The highest BCUT2D eigenvalue weighted by atomic mass is 35.5. The molecule has 4 heteroatoms. The molecule has 1 aliphatic rings. The third-order valence-electron chi connectivity index (χ3n) is 2.33. The summed E-state index contributed by atoms with van der Waals surface area (Å²) in [5, 5.41) is 2.29. The van der Waals surface area contributed by atoms with Crippen molar-refractivity contribution in [2.75, 3.05) is 5.32 Å². The number of rotatable bonds is 3. The molecule has 0 saturated heterocycles. The second-order valence-electron chi connectivity index (χ2n) is 3.61. The average molecular weight is 224 g/mol. The summed E-state index contributed by atoms with van der Waals surface area (Å²) in [4.78, 5) is 22.2. The van der Waals surface area contributed by atoms with Gasteiger partial charge >= 0.3 is 0 Å². The Bertz CT molecular complexity index is 396. The number of carbonyl (C=O) groups excluding carboxylic acids is 2. The van der Waals surface area contributed by atoms with Crippen molar-refractivity contribution in [1.82, 2.24) is 0 Å². The molecule has 0 aliphatic heterocycles. The van der Waals surface area contributed by atoms with Gasteiger partial charge in [0, 0.05) is 17.2 Å². The zero-order valence-electron chi connectivity index (χ0n) is 8.00. The van der Waals surface area contributed by atoms with Gasteiger partial charge in [-0.3, -0.25) is 9.59 Å². The maximum Gasteiger partial charge on any atom is 0.252 e. The lowest BCUT2D eigenvalue weighted by molar-refractivity contribution is -0.117. The minimum atomic E-state index is -0.491. The molecule has 1 fully saturated rings. The van der Waals surface area contributed by atoms with Gasteiger partial charge in [-0.05, 0) is 48.7 Å². The average Bonchev–Trinajstić information content (AvgIpc) is 3.01. The Kier molecular flexibility index (Phi) is 2.73. The van der Waals surface area contributed by atoms with E-state index in [9.17, 15) is 9.59 Å². The highest BCUT2D eigenvalue weighted by molar-refractivity contribution is 6.67. The van der Waals surface area contributed by atoms with Crippen LogP contribution >= 0.6 is 11.6 Å². The Morgan fingerprint density at radius 1 is 1.20 bits per heavy atom. The number of benzene rings is 1. The summed E-state index contributed by atoms with van der Waals surface area (Å²) in [5.74, 6) is 0.235. The molecule has 1 aromatic rings. The van der Waals surface area contributed by atoms with Crippen LogP contribution in [0.1, 0.15) is 23.2 Å². The molecule has 2 rings (SSSR count). The van der Waals surface area contributed by atoms with Crippen molar-refractivity contribution in [2.45, 2.75) is 12.8 Å². The largest absolute Gasteiger partial charge is 0.326 e. The topological polar surface area (TPSA) is 46.2 Å². The molecule has 1 saturated carbocycles. The predicted molar refractivity (Wildman–Crippen MR) is 58.0 cm³/mol. The van der Waals surface area contributed by atoms with Gasteiger partial charge in [0.1, 0.15) is 0 Å². The fourth-order valence-electron chi connectivity index (χ4n) is 1.27. The molecule has 3 nitrogen and oxygen atoms in total. The lowest BCUT2D eigenvalue weighted by Gasteiger charge is -2.03. The third kappa shape index (κ3) is 2.57. The van der Waals surface area contributed by atoms with Gasteiger partial charge in [0.15, 0.2) is 0 Å². The van der Waals surface area contributed by atoms with Gasteiger partial charge in [-0.25, -0.2) is 0 Å². The van der Waals surface area contributed by atoms with Crippen molar-refractivity contribution in [3.8, 4) is 0 Å². The Balaban J connectivity index is 2.03. The second kappa shape index (κ2) is 4.03. The van der Waals surface area contributed by atoms with Gasteiger partial charge in [0.25, 0.3) is 5.24 Å².